The number of nitrogens with zero attached hydrogens (tertiary/aromatic N) is 2. The van der Waals surface area contributed by atoms with Gasteiger partial charge in [0.2, 0.25) is 11.8 Å². The third kappa shape index (κ3) is 3.48. The van der Waals surface area contributed by atoms with Crippen molar-refractivity contribution >= 4 is 11.8 Å². The molecule has 2 amide bonds. The topological polar surface area (TPSA) is 40.6 Å². The standard InChI is InChI=1S/C15H26N2O2/c1-3-12(4-2)14(18)16-8-5-9-17(11-10-16)15(19)13-6-7-13/h12-13H,3-11H2,1-2H3. The van der Waals surface area contributed by atoms with Crippen molar-refractivity contribution in [2.45, 2.75) is 46.0 Å². The predicted octanol–water partition coefficient (Wildman–Crippen LogP) is 1.89. The summed E-state index contributed by atoms with van der Waals surface area (Å²) in [4.78, 5) is 28.4. The Morgan fingerprint density at radius 2 is 1.58 bits per heavy atom. The highest BCUT2D eigenvalue weighted by Crippen LogP contribution is 2.31. The molecule has 1 saturated carbocycles. The van der Waals surface area contributed by atoms with Gasteiger partial charge in [0.15, 0.2) is 0 Å². The molecule has 1 saturated heterocycles. The summed E-state index contributed by atoms with van der Waals surface area (Å²) in [6.07, 6.45) is 4.87. The van der Waals surface area contributed by atoms with Gasteiger partial charge >= 0.3 is 0 Å². The van der Waals surface area contributed by atoms with Gasteiger partial charge in [-0.2, -0.15) is 0 Å². The van der Waals surface area contributed by atoms with Gasteiger partial charge in [0, 0.05) is 38.0 Å². The zero-order chi connectivity index (χ0) is 13.8. The second kappa shape index (κ2) is 6.40. The van der Waals surface area contributed by atoms with Crippen LogP contribution in [0.4, 0.5) is 0 Å². The Hall–Kier alpha value is -1.06. The van der Waals surface area contributed by atoms with E-state index in [4.69, 9.17) is 0 Å². The lowest BCUT2D eigenvalue weighted by Gasteiger charge is -2.25. The zero-order valence-corrected chi connectivity index (χ0v) is 12.2. The molecule has 0 N–H and O–H groups in total. The van der Waals surface area contributed by atoms with Crippen molar-refractivity contribution in [1.29, 1.82) is 0 Å². The van der Waals surface area contributed by atoms with Gasteiger partial charge in [-0.3, -0.25) is 9.59 Å². The van der Waals surface area contributed by atoms with Crippen LogP contribution in [-0.2, 0) is 9.59 Å². The molecule has 1 aliphatic carbocycles. The van der Waals surface area contributed by atoms with E-state index in [0.29, 0.717) is 18.4 Å². The number of carbonyl (C=O) groups excluding carboxylic acids is 2. The number of amides is 2. The van der Waals surface area contributed by atoms with E-state index in [1.807, 2.05) is 9.80 Å². The van der Waals surface area contributed by atoms with Gasteiger partial charge in [0.05, 0.1) is 0 Å². The molecule has 1 aliphatic heterocycles. The largest absolute Gasteiger partial charge is 0.341 e. The SMILES string of the molecule is CCC(CC)C(=O)N1CCCN(C(=O)C2CC2)CC1. The first kappa shape index (κ1) is 14.4. The molecular weight excluding hydrogens is 240 g/mol. The van der Waals surface area contributed by atoms with Crippen molar-refractivity contribution in [1.82, 2.24) is 9.80 Å². The maximum atomic E-state index is 12.4. The highest BCUT2D eigenvalue weighted by atomic mass is 16.2. The van der Waals surface area contributed by atoms with Crippen molar-refractivity contribution in [3.8, 4) is 0 Å². The molecule has 2 rings (SSSR count). The van der Waals surface area contributed by atoms with E-state index in [-0.39, 0.29) is 11.8 Å². The molecule has 0 radical (unpaired) electrons. The van der Waals surface area contributed by atoms with Crippen LogP contribution in [0.3, 0.4) is 0 Å². The van der Waals surface area contributed by atoms with Crippen LogP contribution in [0.15, 0.2) is 0 Å². The van der Waals surface area contributed by atoms with Crippen LogP contribution < -0.4 is 0 Å². The molecule has 0 bridgehead atoms. The fourth-order valence-corrected chi connectivity index (χ4v) is 2.84. The van der Waals surface area contributed by atoms with Crippen LogP contribution in [-0.4, -0.2) is 47.8 Å². The average Bonchev–Trinajstić information content (AvgIpc) is 3.25. The third-order valence-electron chi connectivity index (χ3n) is 4.38. The van der Waals surface area contributed by atoms with Gasteiger partial charge < -0.3 is 9.80 Å². The Kier molecular flexibility index (Phi) is 4.83. The Labute approximate surface area is 116 Å². The molecule has 4 nitrogen and oxygen atoms in total. The Bertz CT molecular complexity index is 335. The summed E-state index contributed by atoms with van der Waals surface area (Å²) in [5, 5.41) is 0. The smallest absolute Gasteiger partial charge is 0.225 e. The van der Waals surface area contributed by atoms with Gasteiger partial charge in [0.1, 0.15) is 0 Å². The predicted molar refractivity (Wildman–Crippen MR) is 74.6 cm³/mol. The molecule has 0 unspecified atom stereocenters. The molecule has 2 fully saturated rings. The molecule has 0 aromatic rings. The van der Waals surface area contributed by atoms with Crippen LogP contribution in [0.5, 0.6) is 0 Å². The molecule has 0 spiro atoms. The first-order valence-corrected chi connectivity index (χ1v) is 7.74. The highest BCUT2D eigenvalue weighted by molar-refractivity contribution is 5.81. The maximum Gasteiger partial charge on any atom is 0.225 e. The van der Waals surface area contributed by atoms with Crippen molar-refractivity contribution in [2.75, 3.05) is 26.2 Å². The Balaban J connectivity index is 1.88. The minimum atomic E-state index is 0.158. The minimum absolute atomic E-state index is 0.158. The van der Waals surface area contributed by atoms with Crippen LogP contribution >= 0.6 is 0 Å². The normalized spacial score (nSPS) is 20.6. The van der Waals surface area contributed by atoms with Crippen molar-refractivity contribution in [3.05, 3.63) is 0 Å². The molecular formula is C15H26N2O2. The number of hydrogen-bond acceptors (Lipinski definition) is 2. The summed E-state index contributed by atoms with van der Waals surface area (Å²) in [6, 6.07) is 0. The van der Waals surface area contributed by atoms with E-state index in [1.165, 1.54) is 0 Å². The second-order valence-electron chi connectivity index (χ2n) is 5.79. The van der Waals surface area contributed by atoms with Crippen LogP contribution in [0, 0.1) is 11.8 Å². The van der Waals surface area contributed by atoms with Gasteiger partial charge in [-0.15, -0.1) is 0 Å². The van der Waals surface area contributed by atoms with Crippen molar-refractivity contribution in [3.63, 3.8) is 0 Å². The van der Waals surface area contributed by atoms with Crippen molar-refractivity contribution < 1.29 is 9.59 Å². The molecule has 0 atom stereocenters. The quantitative estimate of drug-likeness (QED) is 0.779. The van der Waals surface area contributed by atoms with E-state index >= 15 is 0 Å². The van der Waals surface area contributed by atoms with E-state index in [2.05, 4.69) is 13.8 Å². The van der Waals surface area contributed by atoms with Gasteiger partial charge in [-0.05, 0) is 32.1 Å². The lowest BCUT2D eigenvalue weighted by Crippen LogP contribution is -2.40. The first-order valence-electron chi connectivity index (χ1n) is 7.74. The van der Waals surface area contributed by atoms with Gasteiger partial charge in [-0.1, -0.05) is 13.8 Å². The lowest BCUT2D eigenvalue weighted by atomic mass is 10.0. The number of carbonyl (C=O) groups is 2. The maximum absolute atomic E-state index is 12.4. The zero-order valence-electron chi connectivity index (χ0n) is 12.2. The number of rotatable bonds is 4. The van der Waals surface area contributed by atoms with E-state index in [9.17, 15) is 9.59 Å². The fraction of sp³-hybridized carbons (Fsp3) is 0.867. The summed E-state index contributed by atoms with van der Waals surface area (Å²) in [5.74, 6) is 1.05. The molecule has 4 heteroatoms. The van der Waals surface area contributed by atoms with Gasteiger partial charge in [-0.25, -0.2) is 0 Å². The summed E-state index contributed by atoms with van der Waals surface area (Å²) < 4.78 is 0. The van der Waals surface area contributed by atoms with Crippen molar-refractivity contribution in [2.24, 2.45) is 11.8 Å². The minimum Gasteiger partial charge on any atom is -0.341 e. The van der Waals surface area contributed by atoms with Gasteiger partial charge in [0.25, 0.3) is 0 Å². The number of hydrogen-bond donors (Lipinski definition) is 0. The molecule has 0 aromatic carbocycles. The second-order valence-corrected chi connectivity index (χ2v) is 5.79. The third-order valence-corrected chi connectivity index (χ3v) is 4.38. The van der Waals surface area contributed by atoms with E-state index in [0.717, 1.165) is 51.7 Å². The van der Waals surface area contributed by atoms with E-state index in [1.54, 1.807) is 0 Å². The van der Waals surface area contributed by atoms with Crippen LogP contribution in [0.2, 0.25) is 0 Å². The molecule has 19 heavy (non-hydrogen) atoms. The summed E-state index contributed by atoms with van der Waals surface area (Å²) in [6.45, 7) is 7.22. The highest BCUT2D eigenvalue weighted by Gasteiger charge is 2.34. The summed E-state index contributed by atoms with van der Waals surface area (Å²) in [7, 11) is 0. The first-order chi connectivity index (χ1) is 9.17. The Morgan fingerprint density at radius 3 is 2.16 bits per heavy atom. The monoisotopic (exact) mass is 266 g/mol. The summed E-state index contributed by atoms with van der Waals surface area (Å²) in [5.41, 5.74) is 0. The van der Waals surface area contributed by atoms with Crippen LogP contribution in [0.25, 0.3) is 0 Å². The van der Waals surface area contributed by atoms with Crippen LogP contribution in [0.1, 0.15) is 46.0 Å². The molecule has 2 aliphatic rings. The fourth-order valence-electron chi connectivity index (χ4n) is 2.84. The molecule has 0 aromatic heterocycles. The Morgan fingerprint density at radius 1 is 1.00 bits per heavy atom. The average molecular weight is 266 g/mol. The molecule has 108 valence electrons. The molecule has 1 heterocycles. The lowest BCUT2D eigenvalue weighted by molar-refractivity contribution is -0.137. The summed E-state index contributed by atoms with van der Waals surface area (Å²) >= 11 is 0. The van der Waals surface area contributed by atoms with E-state index < -0.39 is 0 Å².